The Morgan fingerprint density at radius 3 is 2.90 bits per heavy atom. The molecule has 0 spiro atoms. The highest BCUT2D eigenvalue weighted by Gasteiger charge is 2.15. The van der Waals surface area contributed by atoms with Gasteiger partial charge in [0.15, 0.2) is 0 Å². The fraction of sp³-hybridized carbons (Fsp3) is 0.400. The first kappa shape index (κ1) is 13.3. The molecule has 0 atom stereocenters. The third-order valence-corrected chi connectivity index (χ3v) is 4.39. The summed E-state index contributed by atoms with van der Waals surface area (Å²) < 4.78 is 1.77. The van der Waals surface area contributed by atoms with Crippen LogP contribution in [0.15, 0.2) is 18.2 Å². The molecule has 0 amide bonds. The van der Waals surface area contributed by atoms with Gasteiger partial charge in [0, 0.05) is 19.3 Å². The van der Waals surface area contributed by atoms with Crippen LogP contribution in [-0.4, -0.2) is 23.4 Å². The predicted octanol–water partition coefficient (Wildman–Crippen LogP) is 2.86. The monoisotopic (exact) mass is 290 g/mol. The molecule has 1 aliphatic rings. The number of halogens is 1. The number of aryl methyl sites for hydroxylation is 2. The van der Waals surface area contributed by atoms with Gasteiger partial charge in [-0.1, -0.05) is 23.7 Å². The molecule has 2 heterocycles. The Labute approximate surface area is 124 Å². The maximum absolute atomic E-state index is 6.08. The van der Waals surface area contributed by atoms with Crippen molar-refractivity contribution in [2.24, 2.45) is 0 Å². The van der Waals surface area contributed by atoms with E-state index in [-0.39, 0.29) is 0 Å². The van der Waals surface area contributed by atoms with Crippen molar-refractivity contribution < 1.29 is 0 Å². The number of nitrogen functional groups attached to an aromatic ring is 1. The molecule has 1 aliphatic heterocycles. The van der Waals surface area contributed by atoms with Crippen molar-refractivity contribution in [3.05, 3.63) is 40.0 Å². The zero-order chi connectivity index (χ0) is 14.3. The molecule has 1 aromatic heterocycles. The van der Waals surface area contributed by atoms with Crippen molar-refractivity contribution >= 4 is 23.1 Å². The largest absolute Gasteiger partial charge is 0.383 e. The summed E-state index contributed by atoms with van der Waals surface area (Å²) in [5.74, 6) is 0.541. The number of aromatic nitrogens is 2. The second kappa shape index (κ2) is 5.02. The van der Waals surface area contributed by atoms with Gasteiger partial charge in [-0.3, -0.25) is 0 Å². The zero-order valence-electron chi connectivity index (χ0n) is 11.9. The van der Waals surface area contributed by atoms with E-state index in [1.54, 1.807) is 4.68 Å². The third kappa shape index (κ3) is 2.24. The van der Waals surface area contributed by atoms with Crippen LogP contribution >= 0.6 is 11.6 Å². The minimum absolute atomic E-state index is 0.541. The summed E-state index contributed by atoms with van der Waals surface area (Å²) in [6.45, 7) is 3.67. The summed E-state index contributed by atoms with van der Waals surface area (Å²) in [6.07, 6.45) is 2.35. The lowest BCUT2D eigenvalue weighted by Crippen LogP contribution is -2.24. The Balaban J connectivity index is 1.90. The molecule has 5 heteroatoms. The first-order valence-electron chi connectivity index (χ1n) is 6.87. The molecule has 0 fully saturated rings. The lowest BCUT2D eigenvalue weighted by molar-refractivity contribution is 0.685. The molecule has 106 valence electrons. The fourth-order valence-electron chi connectivity index (χ4n) is 2.81. The molecule has 4 nitrogen and oxygen atoms in total. The molecule has 0 radical (unpaired) electrons. The Kier molecular flexibility index (Phi) is 3.34. The van der Waals surface area contributed by atoms with Crippen molar-refractivity contribution in [1.29, 1.82) is 0 Å². The van der Waals surface area contributed by atoms with Gasteiger partial charge in [0.25, 0.3) is 0 Å². The van der Waals surface area contributed by atoms with Crippen LogP contribution in [0.1, 0.15) is 23.2 Å². The Morgan fingerprint density at radius 2 is 2.20 bits per heavy atom. The summed E-state index contributed by atoms with van der Waals surface area (Å²) in [7, 11) is 2.15. The Bertz CT molecular complexity index is 648. The number of nitrogens with zero attached hydrogens (tertiary/aromatic N) is 3. The first-order chi connectivity index (χ1) is 9.56. The van der Waals surface area contributed by atoms with E-state index in [1.165, 1.54) is 23.2 Å². The molecule has 0 aliphatic carbocycles. The summed E-state index contributed by atoms with van der Waals surface area (Å²) in [5.41, 5.74) is 10.7. The van der Waals surface area contributed by atoms with Crippen LogP contribution in [0.5, 0.6) is 0 Å². The second-order valence-electron chi connectivity index (χ2n) is 5.43. The van der Waals surface area contributed by atoms with Crippen molar-refractivity contribution in [3.8, 4) is 0 Å². The lowest BCUT2D eigenvalue weighted by atomic mass is 9.99. The summed E-state index contributed by atoms with van der Waals surface area (Å²) in [4.78, 5) is 2.31. The highest BCUT2D eigenvalue weighted by Crippen LogP contribution is 2.28. The van der Waals surface area contributed by atoms with Crippen LogP contribution < -0.4 is 10.6 Å². The van der Waals surface area contributed by atoms with E-state index in [0.29, 0.717) is 17.4 Å². The summed E-state index contributed by atoms with van der Waals surface area (Å²) in [5, 5.41) is 4.94. The first-order valence-corrected chi connectivity index (χ1v) is 7.25. The molecule has 3 rings (SSSR count). The van der Waals surface area contributed by atoms with E-state index in [0.717, 1.165) is 18.7 Å². The van der Waals surface area contributed by atoms with Gasteiger partial charge in [0.1, 0.15) is 10.8 Å². The van der Waals surface area contributed by atoms with Gasteiger partial charge in [0.05, 0.1) is 12.2 Å². The molecule has 2 aromatic rings. The molecular weight excluding hydrogens is 272 g/mol. The molecule has 0 bridgehead atoms. The van der Waals surface area contributed by atoms with Crippen molar-refractivity contribution in [2.75, 3.05) is 24.2 Å². The molecular formula is C15H19ClN4. The number of hydrogen-bond acceptors (Lipinski definition) is 3. The van der Waals surface area contributed by atoms with Crippen LogP contribution in [0.4, 0.5) is 11.5 Å². The maximum Gasteiger partial charge on any atom is 0.141 e. The van der Waals surface area contributed by atoms with Gasteiger partial charge in [0.2, 0.25) is 0 Å². The van der Waals surface area contributed by atoms with Gasteiger partial charge >= 0.3 is 0 Å². The van der Waals surface area contributed by atoms with Crippen LogP contribution in [0, 0.1) is 6.92 Å². The highest BCUT2D eigenvalue weighted by molar-refractivity contribution is 6.33. The third-order valence-electron chi connectivity index (χ3n) is 3.92. The maximum atomic E-state index is 6.08. The van der Waals surface area contributed by atoms with Crippen molar-refractivity contribution in [2.45, 2.75) is 26.3 Å². The van der Waals surface area contributed by atoms with Gasteiger partial charge in [-0.05, 0) is 37.0 Å². The van der Waals surface area contributed by atoms with Crippen LogP contribution in [0.2, 0.25) is 5.02 Å². The minimum atomic E-state index is 0.541. The number of rotatable bonds is 2. The normalized spacial score (nSPS) is 14.4. The standard InChI is InChI=1S/C15H19ClN4/c1-10-14(16)15(17)20(18-10)9-11-5-6-13-12(8-11)4-3-7-19(13)2/h5-6,8H,3-4,7,9,17H2,1-2H3. The lowest BCUT2D eigenvalue weighted by Gasteiger charge is -2.27. The Hall–Kier alpha value is -1.68. The number of fused-ring (bicyclic) bond motifs is 1. The van der Waals surface area contributed by atoms with Gasteiger partial charge in [-0.15, -0.1) is 0 Å². The molecule has 0 unspecified atom stereocenters. The van der Waals surface area contributed by atoms with Gasteiger partial charge in [-0.25, -0.2) is 4.68 Å². The van der Waals surface area contributed by atoms with Crippen LogP contribution in [0.3, 0.4) is 0 Å². The van der Waals surface area contributed by atoms with E-state index in [2.05, 4.69) is 35.2 Å². The van der Waals surface area contributed by atoms with Gasteiger partial charge in [-0.2, -0.15) is 5.10 Å². The zero-order valence-corrected chi connectivity index (χ0v) is 12.6. The smallest absolute Gasteiger partial charge is 0.141 e. The van der Waals surface area contributed by atoms with Crippen LogP contribution in [-0.2, 0) is 13.0 Å². The predicted molar refractivity (Wildman–Crippen MR) is 83.5 cm³/mol. The molecule has 0 saturated carbocycles. The van der Waals surface area contributed by atoms with Crippen LogP contribution in [0.25, 0.3) is 0 Å². The molecule has 2 N–H and O–H groups in total. The topological polar surface area (TPSA) is 47.1 Å². The average molecular weight is 291 g/mol. The molecule has 1 aromatic carbocycles. The molecule has 0 saturated heterocycles. The van der Waals surface area contributed by atoms with E-state index < -0.39 is 0 Å². The molecule has 20 heavy (non-hydrogen) atoms. The number of anilines is 2. The number of nitrogens with two attached hydrogens (primary N) is 1. The van der Waals surface area contributed by atoms with E-state index in [4.69, 9.17) is 17.3 Å². The SMILES string of the molecule is Cc1nn(Cc2ccc3c(c2)CCCN3C)c(N)c1Cl. The van der Waals surface area contributed by atoms with Crippen molar-refractivity contribution in [3.63, 3.8) is 0 Å². The summed E-state index contributed by atoms with van der Waals surface area (Å²) in [6, 6.07) is 6.60. The van der Waals surface area contributed by atoms with E-state index >= 15 is 0 Å². The summed E-state index contributed by atoms with van der Waals surface area (Å²) >= 11 is 6.08. The second-order valence-corrected chi connectivity index (χ2v) is 5.81. The quantitative estimate of drug-likeness (QED) is 0.925. The number of benzene rings is 1. The Morgan fingerprint density at radius 1 is 1.40 bits per heavy atom. The fourth-order valence-corrected chi connectivity index (χ4v) is 2.94. The average Bonchev–Trinajstić information content (AvgIpc) is 2.67. The minimum Gasteiger partial charge on any atom is -0.383 e. The highest BCUT2D eigenvalue weighted by atomic mass is 35.5. The van der Waals surface area contributed by atoms with Crippen molar-refractivity contribution in [1.82, 2.24) is 9.78 Å². The number of hydrogen-bond donors (Lipinski definition) is 1. The van der Waals surface area contributed by atoms with E-state index in [9.17, 15) is 0 Å². The van der Waals surface area contributed by atoms with E-state index in [1.807, 2.05) is 6.92 Å². The van der Waals surface area contributed by atoms with Gasteiger partial charge < -0.3 is 10.6 Å².